The van der Waals surface area contributed by atoms with Gasteiger partial charge in [-0.15, -0.1) is 0 Å². The molecule has 1 aliphatic rings. The van der Waals surface area contributed by atoms with E-state index in [0.717, 1.165) is 28.5 Å². The van der Waals surface area contributed by atoms with E-state index in [-0.39, 0.29) is 5.91 Å². The van der Waals surface area contributed by atoms with Gasteiger partial charge in [0.15, 0.2) is 5.17 Å². The van der Waals surface area contributed by atoms with E-state index in [1.54, 1.807) is 12.4 Å². The van der Waals surface area contributed by atoms with Crippen LogP contribution in [0.1, 0.15) is 11.1 Å². The molecule has 0 atom stereocenters. The summed E-state index contributed by atoms with van der Waals surface area (Å²) in [5, 5.41) is 4.52. The molecule has 0 radical (unpaired) electrons. The lowest BCUT2D eigenvalue weighted by molar-refractivity contribution is -0.115. The highest BCUT2D eigenvalue weighted by atomic mass is 32.2. The first-order valence-electron chi connectivity index (χ1n) is 8.27. The van der Waals surface area contributed by atoms with Gasteiger partial charge < -0.3 is 5.32 Å². The van der Waals surface area contributed by atoms with E-state index >= 15 is 0 Å². The summed E-state index contributed by atoms with van der Waals surface area (Å²) in [6.45, 7) is 0.614. The van der Waals surface area contributed by atoms with Gasteiger partial charge in [0.25, 0.3) is 5.91 Å². The van der Waals surface area contributed by atoms with Crippen molar-refractivity contribution < 1.29 is 4.79 Å². The highest BCUT2D eigenvalue weighted by Crippen LogP contribution is 2.26. The van der Waals surface area contributed by atoms with Crippen molar-refractivity contribution in [1.82, 2.24) is 15.3 Å². The molecule has 1 aliphatic heterocycles. The van der Waals surface area contributed by atoms with Gasteiger partial charge in [0.05, 0.1) is 10.4 Å². The summed E-state index contributed by atoms with van der Waals surface area (Å²) in [4.78, 5) is 25.7. The molecule has 1 fully saturated rings. The molecule has 1 amide bonds. The van der Waals surface area contributed by atoms with Crippen molar-refractivity contribution >= 4 is 39.8 Å². The van der Waals surface area contributed by atoms with Gasteiger partial charge in [0.1, 0.15) is 0 Å². The molecule has 2 aromatic heterocycles. The van der Waals surface area contributed by atoms with Crippen LogP contribution in [0.15, 0.2) is 71.0 Å². The average Bonchev–Trinajstić information content (AvgIpc) is 3.02. The number of thioether (sulfide) groups is 1. The SMILES string of the molecule is O=C1NC(=NCCc2cccnc2)S/C1=C\c1ccc2ncccc2c1. The standard InChI is InChI=1S/C20H16N4OS/c25-19-18(12-15-5-6-17-16(11-15)4-2-9-22-17)26-20(24-19)23-10-7-14-3-1-8-21-13-14/h1-6,8-9,11-13H,7,10H2,(H,23,24,25)/b18-12-. The first-order chi connectivity index (χ1) is 12.8. The Labute approximate surface area is 155 Å². The molecule has 6 heteroatoms. The minimum atomic E-state index is -0.110. The average molecular weight is 360 g/mol. The lowest BCUT2D eigenvalue weighted by Gasteiger charge is -1.99. The van der Waals surface area contributed by atoms with Crippen molar-refractivity contribution in [2.45, 2.75) is 6.42 Å². The maximum atomic E-state index is 12.2. The van der Waals surface area contributed by atoms with E-state index in [9.17, 15) is 4.79 Å². The molecule has 0 aliphatic carbocycles. The van der Waals surface area contributed by atoms with Crippen LogP contribution in [0.4, 0.5) is 0 Å². The molecule has 4 rings (SSSR count). The fourth-order valence-corrected chi connectivity index (χ4v) is 3.52. The molecule has 5 nitrogen and oxygen atoms in total. The molecule has 0 saturated carbocycles. The number of carbonyl (C=O) groups is 1. The van der Waals surface area contributed by atoms with Crippen LogP contribution in [0, 0.1) is 0 Å². The van der Waals surface area contributed by atoms with E-state index in [2.05, 4.69) is 20.3 Å². The minimum absolute atomic E-state index is 0.110. The quantitative estimate of drug-likeness (QED) is 0.724. The predicted octanol–water partition coefficient (Wildman–Crippen LogP) is 3.43. The number of nitrogens with one attached hydrogen (secondary N) is 1. The Morgan fingerprint density at radius 3 is 2.96 bits per heavy atom. The lowest BCUT2D eigenvalue weighted by Crippen LogP contribution is -2.20. The number of amides is 1. The summed E-state index contributed by atoms with van der Waals surface area (Å²) >= 11 is 1.37. The number of amidine groups is 1. The Morgan fingerprint density at radius 2 is 2.08 bits per heavy atom. The van der Waals surface area contributed by atoms with Crippen LogP contribution in [-0.4, -0.2) is 27.6 Å². The second-order valence-corrected chi connectivity index (χ2v) is 6.85. The monoisotopic (exact) mass is 360 g/mol. The number of hydrogen-bond donors (Lipinski definition) is 1. The number of aromatic nitrogens is 2. The molecule has 0 spiro atoms. The van der Waals surface area contributed by atoms with Crippen LogP contribution in [0.25, 0.3) is 17.0 Å². The van der Waals surface area contributed by atoms with Crippen molar-refractivity contribution in [2.24, 2.45) is 4.99 Å². The molecular formula is C20H16N4OS. The van der Waals surface area contributed by atoms with Gasteiger partial charge in [0.2, 0.25) is 0 Å². The van der Waals surface area contributed by atoms with Gasteiger partial charge in [-0.3, -0.25) is 19.8 Å². The number of hydrogen-bond acceptors (Lipinski definition) is 5. The third-order valence-electron chi connectivity index (χ3n) is 3.95. The van der Waals surface area contributed by atoms with E-state index < -0.39 is 0 Å². The van der Waals surface area contributed by atoms with Crippen LogP contribution < -0.4 is 5.32 Å². The van der Waals surface area contributed by atoms with Crippen molar-refractivity contribution in [3.05, 3.63) is 77.1 Å². The summed E-state index contributed by atoms with van der Waals surface area (Å²) in [6, 6.07) is 13.8. The number of carbonyl (C=O) groups excluding carboxylic acids is 1. The third-order valence-corrected chi connectivity index (χ3v) is 4.90. The number of aliphatic imine (C=N–C) groups is 1. The molecule has 3 aromatic rings. The van der Waals surface area contributed by atoms with Crippen LogP contribution in [0.2, 0.25) is 0 Å². The zero-order valence-electron chi connectivity index (χ0n) is 13.9. The maximum Gasteiger partial charge on any atom is 0.264 e. The number of rotatable bonds is 4. The summed E-state index contributed by atoms with van der Waals surface area (Å²) in [5.41, 5.74) is 3.04. The third kappa shape index (κ3) is 3.81. The van der Waals surface area contributed by atoms with Gasteiger partial charge >= 0.3 is 0 Å². The van der Waals surface area contributed by atoms with Gasteiger partial charge in [-0.1, -0.05) is 18.2 Å². The normalized spacial score (nSPS) is 17.2. The minimum Gasteiger partial charge on any atom is -0.301 e. The molecule has 3 heterocycles. The Balaban J connectivity index is 1.46. The van der Waals surface area contributed by atoms with E-state index in [1.165, 1.54) is 11.8 Å². The molecule has 1 aromatic carbocycles. The predicted molar refractivity (Wildman–Crippen MR) is 106 cm³/mol. The van der Waals surface area contributed by atoms with Gasteiger partial charge in [0, 0.05) is 30.5 Å². The van der Waals surface area contributed by atoms with Gasteiger partial charge in [-0.2, -0.15) is 0 Å². The highest BCUT2D eigenvalue weighted by molar-refractivity contribution is 8.18. The molecular weight excluding hydrogens is 344 g/mol. The van der Waals surface area contributed by atoms with Gasteiger partial charge in [-0.05, 0) is 59.7 Å². The highest BCUT2D eigenvalue weighted by Gasteiger charge is 2.23. The summed E-state index contributed by atoms with van der Waals surface area (Å²) in [5.74, 6) is -0.110. The fourth-order valence-electron chi connectivity index (χ4n) is 2.67. The van der Waals surface area contributed by atoms with Crippen LogP contribution in [-0.2, 0) is 11.2 Å². The molecule has 1 N–H and O–H groups in total. The number of benzene rings is 1. The molecule has 0 unspecified atom stereocenters. The smallest absolute Gasteiger partial charge is 0.264 e. The van der Waals surface area contributed by atoms with Crippen LogP contribution >= 0.6 is 11.8 Å². The largest absolute Gasteiger partial charge is 0.301 e. The summed E-state index contributed by atoms with van der Waals surface area (Å²) in [7, 11) is 0. The number of fused-ring (bicyclic) bond motifs is 1. The van der Waals surface area contributed by atoms with Crippen LogP contribution in [0.5, 0.6) is 0 Å². The van der Waals surface area contributed by atoms with Gasteiger partial charge in [-0.25, -0.2) is 0 Å². The fraction of sp³-hybridized carbons (Fsp3) is 0.100. The number of nitrogens with zero attached hydrogens (tertiary/aromatic N) is 3. The molecule has 0 bridgehead atoms. The van der Waals surface area contributed by atoms with E-state index in [4.69, 9.17) is 0 Å². The van der Waals surface area contributed by atoms with Crippen molar-refractivity contribution in [2.75, 3.05) is 6.54 Å². The topological polar surface area (TPSA) is 67.2 Å². The summed E-state index contributed by atoms with van der Waals surface area (Å²) < 4.78 is 0. The zero-order valence-corrected chi connectivity index (χ0v) is 14.7. The molecule has 128 valence electrons. The molecule has 26 heavy (non-hydrogen) atoms. The van der Waals surface area contributed by atoms with Crippen LogP contribution in [0.3, 0.4) is 0 Å². The van der Waals surface area contributed by atoms with Crippen molar-refractivity contribution in [1.29, 1.82) is 0 Å². The Kier molecular flexibility index (Phi) is 4.75. The Hall–Kier alpha value is -2.99. The van der Waals surface area contributed by atoms with E-state index in [0.29, 0.717) is 16.6 Å². The van der Waals surface area contributed by atoms with E-state index in [1.807, 2.05) is 54.7 Å². The first-order valence-corrected chi connectivity index (χ1v) is 9.09. The van der Waals surface area contributed by atoms with Crippen molar-refractivity contribution in [3.63, 3.8) is 0 Å². The maximum absolute atomic E-state index is 12.2. The first kappa shape index (κ1) is 16.5. The van der Waals surface area contributed by atoms with Crippen molar-refractivity contribution in [3.8, 4) is 0 Å². The summed E-state index contributed by atoms with van der Waals surface area (Å²) in [6.07, 6.45) is 8.04. The second-order valence-electron chi connectivity index (χ2n) is 5.82. The molecule has 1 saturated heterocycles. The second kappa shape index (κ2) is 7.49. The number of pyridine rings is 2. The zero-order chi connectivity index (χ0) is 17.8. The Bertz CT molecular complexity index is 1010. The lowest BCUT2D eigenvalue weighted by atomic mass is 10.1. The Morgan fingerprint density at radius 1 is 1.15 bits per heavy atom.